The summed E-state index contributed by atoms with van der Waals surface area (Å²) in [5, 5.41) is 17.0. The van der Waals surface area contributed by atoms with Crippen LogP contribution in [-0.2, 0) is 4.79 Å². The number of allylic oxidation sites excluding steroid dienone is 1. The second-order valence-electron chi connectivity index (χ2n) is 5.01. The summed E-state index contributed by atoms with van der Waals surface area (Å²) in [6.07, 6.45) is 6.04. The molecule has 3 rings (SSSR count). The Morgan fingerprint density at radius 2 is 2.21 bits per heavy atom. The van der Waals surface area contributed by atoms with Crippen LogP contribution in [0.25, 0.3) is 0 Å². The van der Waals surface area contributed by atoms with Crippen LogP contribution in [0.5, 0.6) is 0 Å². The number of nitrogens with zero attached hydrogens (tertiary/aromatic N) is 3. The molecule has 1 atom stereocenters. The van der Waals surface area contributed by atoms with E-state index in [0.29, 0.717) is 11.7 Å². The lowest BCUT2D eigenvalue weighted by atomic mass is 10.1. The highest BCUT2D eigenvalue weighted by molar-refractivity contribution is 7.99. The molecule has 2 heterocycles. The number of hydrogen-bond acceptors (Lipinski definition) is 5. The number of hydrogen-bond donors (Lipinski definition) is 2. The molecule has 2 aliphatic rings. The van der Waals surface area contributed by atoms with Gasteiger partial charge < -0.3 is 5.32 Å². The van der Waals surface area contributed by atoms with Gasteiger partial charge in [0, 0.05) is 6.08 Å². The minimum Gasteiger partial charge on any atom is -0.342 e. The Morgan fingerprint density at radius 1 is 1.42 bits per heavy atom. The zero-order chi connectivity index (χ0) is 13.1. The average Bonchev–Trinajstić information content (AvgIpc) is 3.12. The Hall–Kier alpha value is -1.37. The number of H-pyrrole nitrogens is 1. The predicted octanol–water partition coefficient (Wildman–Crippen LogP) is 1.22. The van der Waals surface area contributed by atoms with Gasteiger partial charge in [0.05, 0.1) is 6.04 Å². The molecule has 1 saturated heterocycles. The minimum absolute atomic E-state index is 0.0244. The Morgan fingerprint density at radius 3 is 2.84 bits per heavy atom. The minimum atomic E-state index is -0.0962. The third-order valence-electron chi connectivity index (χ3n) is 3.50. The zero-order valence-electron chi connectivity index (χ0n) is 10.6. The van der Waals surface area contributed by atoms with Crippen molar-refractivity contribution in [1.82, 2.24) is 25.9 Å². The lowest BCUT2D eigenvalue weighted by Gasteiger charge is -2.15. The van der Waals surface area contributed by atoms with Crippen molar-refractivity contribution >= 4 is 17.7 Å². The smallest absolute Gasteiger partial charge is 0.244 e. The van der Waals surface area contributed by atoms with E-state index in [2.05, 4.69) is 25.9 Å². The standard InChI is InChI=1S/C12H17N5OS/c18-10(7-8-3-5-19-6-4-8)13-11(9-1-2-9)12-14-16-17-15-12/h7,9,11H,1-6H2,(H,13,18)(H,14,15,16,17). The molecule has 19 heavy (non-hydrogen) atoms. The summed E-state index contributed by atoms with van der Waals surface area (Å²) in [7, 11) is 0. The van der Waals surface area contributed by atoms with Crippen LogP contribution >= 0.6 is 11.8 Å². The largest absolute Gasteiger partial charge is 0.342 e. The van der Waals surface area contributed by atoms with E-state index in [0.717, 1.165) is 37.2 Å². The number of tetrazole rings is 1. The molecule has 0 bridgehead atoms. The van der Waals surface area contributed by atoms with Gasteiger partial charge in [-0.3, -0.25) is 4.79 Å². The SMILES string of the molecule is O=C(C=C1CCSCC1)NC(c1nn[nH]n1)C1CC1. The van der Waals surface area contributed by atoms with Crippen LogP contribution in [0.4, 0.5) is 0 Å². The van der Waals surface area contributed by atoms with Crippen molar-refractivity contribution in [3.63, 3.8) is 0 Å². The van der Waals surface area contributed by atoms with E-state index >= 15 is 0 Å². The molecule has 1 aliphatic heterocycles. The molecule has 1 aromatic rings. The van der Waals surface area contributed by atoms with Crippen molar-refractivity contribution < 1.29 is 4.79 Å². The molecule has 2 fully saturated rings. The predicted molar refractivity (Wildman–Crippen MR) is 72.4 cm³/mol. The van der Waals surface area contributed by atoms with E-state index in [1.807, 2.05) is 11.8 Å². The lowest BCUT2D eigenvalue weighted by molar-refractivity contribution is -0.117. The van der Waals surface area contributed by atoms with E-state index in [-0.39, 0.29) is 11.9 Å². The summed E-state index contributed by atoms with van der Waals surface area (Å²) in [5.41, 5.74) is 1.25. The van der Waals surface area contributed by atoms with Crippen LogP contribution in [0.3, 0.4) is 0 Å². The molecular weight excluding hydrogens is 262 g/mol. The maximum absolute atomic E-state index is 12.1. The number of nitrogens with one attached hydrogen (secondary N) is 2. The molecule has 0 spiro atoms. The number of rotatable bonds is 4. The second kappa shape index (κ2) is 5.73. The van der Waals surface area contributed by atoms with Gasteiger partial charge in [0.15, 0.2) is 5.82 Å². The summed E-state index contributed by atoms with van der Waals surface area (Å²) >= 11 is 1.95. The topological polar surface area (TPSA) is 83.6 Å². The van der Waals surface area contributed by atoms with Crippen molar-refractivity contribution in [2.75, 3.05) is 11.5 Å². The first-order chi connectivity index (χ1) is 9.33. The third kappa shape index (κ3) is 3.34. The highest BCUT2D eigenvalue weighted by atomic mass is 32.2. The van der Waals surface area contributed by atoms with E-state index in [1.54, 1.807) is 6.08 Å². The molecule has 1 aliphatic carbocycles. The number of aromatic amines is 1. The average molecular weight is 279 g/mol. The van der Waals surface area contributed by atoms with Gasteiger partial charge in [-0.25, -0.2) is 0 Å². The summed E-state index contributed by atoms with van der Waals surface area (Å²) in [6, 6.07) is -0.0962. The Kier molecular flexibility index (Phi) is 3.82. The quantitative estimate of drug-likeness (QED) is 0.810. The molecule has 0 aromatic carbocycles. The van der Waals surface area contributed by atoms with E-state index in [4.69, 9.17) is 0 Å². The van der Waals surface area contributed by atoms with Crippen LogP contribution < -0.4 is 5.32 Å². The first-order valence-corrected chi connectivity index (χ1v) is 7.79. The Balaban J connectivity index is 1.63. The number of thioether (sulfide) groups is 1. The molecule has 1 unspecified atom stereocenters. The molecule has 0 radical (unpaired) electrons. The van der Waals surface area contributed by atoms with E-state index < -0.39 is 0 Å². The second-order valence-corrected chi connectivity index (χ2v) is 6.23. The van der Waals surface area contributed by atoms with Crippen molar-refractivity contribution in [2.45, 2.75) is 31.7 Å². The fourth-order valence-electron chi connectivity index (χ4n) is 2.28. The highest BCUT2D eigenvalue weighted by Crippen LogP contribution is 2.39. The van der Waals surface area contributed by atoms with Gasteiger partial charge in [-0.1, -0.05) is 10.8 Å². The maximum Gasteiger partial charge on any atom is 0.244 e. The van der Waals surface area contributed by atoms with Gasteiger partial charge in [-0.2, -0.15) is 17.0 Å². The van der Waals surface area contributed by atoms with Gasteiger partial charge in [-0.05, 0) is 43.1 Å². The third-order valence-corrected chi connectivity index (χ3v) is 4.49. The van der Waals surface area contributed by atoms with Gasteiger partial charge in [0.2, 0.25) is 5.91 Å². The van der Waals surface area contributed by atoms with E-state index in [9.17, 15) is 4.79 Å². The number of amides is 1. The van der Waals surface area contributed by atoms with Crippen molar-refractivity contribution in [3.8, 4) is 0 Å². The van der Waals surface area contributed by atoms with Crippen LogP contribution in [0.2, 0.25) is 0 Å². The summed E-state index contributed by atoms with van der Waals surface area (Å²) in [5.74, 6) is 3.27. The fourth-order valence-corrected chi connectivity index (χ4v) is 3.30. The maximum atomic E-state index is 12.1. The fraction of sp³-hybridized carbons (Fsp3) is 0.667. The summed E-state index contributed by atoms with van der Waals surface area (Å²) in [4.78, 5) is 12.1. The molecule has 1 aromatic heterocycles. The molecule has 6 nitrogen and oxygen atoms in total. The number of carbonyl (C=O) groups excluding carboxylic acids is 1. The Bertz CT molecular complexity index is 460. The van der Waals surface area contributed by atoms with Crippen molar-refractivity contribution in [2.24, 2.45) is 5.92 Å². The normalized spacial score (nSPS) is 20.9. The van der Waals surface area contributed by atoms with Crippen molar-refractivity contribution in [1.29, 1.82) is 0 Å². The first kappa shape index (κ1) is 12.7. The zero-order valence-corrected chi connectivity index (χ0v) is 11.4. The van der Waals surface area contributed by atoms with Crippen molar-refractivity contribution in [3.05, 3.63) is 17.5 Å². The lowest BCUT2D eigenvalue weighted by Crippen LogP contribution is -2.29. The van der Waals surface area contributed by atoms with Gasteiger partial charge >= 0.3 is 0 Å². The summed E-state index contributed by atoms with van der Waals surface area (Å²) in [6.45, 7) is 0. The number of carbonyl (C=O) groups is 1. The monoisotopic (exact) mass is 279 g/mol. The van der Waals surface area contributed by atoms with Gasteiger partial charge in [0.25, 0.3) is 0 Å². The molecule has 1 amide bonds. The van der Waals surface area contributed by atoms with Crippen LogP contribution in [0.15, 0.2) is 11.6 Å². The van der Waals surface area contributed by atoms with Crippen LogP contribution in [0.1, 0.15) is 37.5 Å². The Labute approximate surface area is 115 Å². The molecule has 7 heteroatoms. The van der Waals surface area contributed by atoms with E-state index in [1.165, 1.54) is 5.57 Å². The molecular formula is C12H17N5OS. The number of aromatic nitrogens is 4. The van der Waals surface area contributed by atoms with Crippen LogP contribution in [0, 0.1) is 5.92 Å². The summed E-state index contributed by atoms with van der Waals surface area (Å²) < 4.78 is 0. The molecule has 2 N–H and O–H groups in total. The molecule has 1 saturated carbocycles. The molecule has 102 valence electrons. The van der Waals surface area contributed by atoms with Crippen LogP contribution in [-0.4, -0.2) is 38.0 Å². The van der Waals surface area contributed by atoms with Gasteiger partial charge in [0.1, 0.15) is 0 Å². The highest BCUT2D eigenvalue weighted by Gasteiger charge is 2.35. The first-order valence-electron chi connectivity index (χ1n) is 6.64. The van der Waals surface area contributed by atoms with Gasteiger partial charge in [-0.15, -0.1) is 10.2 Å².